The fraction of sp³-hybridized carbons (Fsp3) is 0.500. The molecule has 1 aromatic rings. The summed E-state index contributed by atoms with van der Waals surface area (Å²) in [5.41, 5.74) is 6.19. The minimum absolute atomic E-state index is 0.0395. The largest absolute Gasteiger partial charge is 0.329 e. The van der Waals surface area contributed by atoms with Crippen molar-refractivity contribution in [2.45, 2.75) is 31.7 Å². The maximum Gasteiger partial charge on any atom is 0.243 e. The molecule has 0 radical (unpaired) electrons. The summed E-state index contributed by atoms with van der Waals surface area (Å²) in [5.74, 6) is -0.717. The topological polar surface area (TPSA) is 72.2 Å². The van der Waals surface area contributed by atoms with Crippen LogP contribution in [-0.4, -0.2) is 21.0 Å². The van der Waals surface area contributed by atoms with Gasteiger partial charge in [-0.3, -0.25) is 0 Å². The van der Waals surface area contributed by atoms with Crippen molar-refractivity contribution < 1.29 is 12.8 Å². The van der Waals surface area contributed by atoms with E-state index in [1.54, 1.807) is 6.92 Å². The molecule has 0 spiro atoms. The Morgan fingerprint density at radius 1 is 1.39 bits per heavy atom. The van der Waals surface area contributed by atoms with Crippen molar-refractivity contribution in [2.75, 3.05) is 6.54 Å². The Hall–Kier alpha value is -0.980. The lowest BCUT2D eigenvalue weighted by Gasteiger charge is -2.20. The SMILES string of the molecule is Cc1ccc(F)c(S(=O)(=O)NC(CN)C(C)C)c1. The monoisotopic (exact) mass is 274 g/mol. The molecule has 1 rings (SSSR count). The Kier molecular flexibility index (Phi) is 4.84. The summed E-state index contributed by atoms with van der Waals surface area (Å²) in [7, 11) is -3.87. The highest BCUT2D eigenvalue weighted by atomic mass is 32.2. The smallest absolute Gasteiger partial charge is 0.243 e. The second kappa shape index (κ2) is 5.77. The molecule has 6 heteroatoms. The van der Waals surface area contributed by atoms with Crippen LogP contribution in [0.2, 0.25) is 0 Å². The Morgan fingerprint density at radius 2 is 2.00 bits per heavy atom. The van der Waals surface area contributed by atoms with Gasteiger partial charge >= 0.3 is 0 Å². The first-order chi connectivity index (χ1) is 8.27. The fourth-order valence-corrected chi connectivity index (χ4v) is 3.10. The molecule has 0 saturated carbocycles. The Balaban J connectivity index is 3.10. The van der Waals surface area contributed by atoms with Gasteiger partial charge in [-0.05, 0) is 30.5 Å². The van der Waals surface area contributed by atoms with Gasteiger partial charge in [-0.15, -0.1) is 0 Å². The van der Waals surface area contributed by atoms with Gasteiger partial charge in [-0.2, -0.15) is 0 Å². The summed E-state index contributed by atoms with van der Waals surface area (Å²) in [6.45, 7) is 5.59. The summed E-state index contributed by atoms with van der Waals surface area (Å²) in [6, 6.07) is 3.58. The molecule has 0 heterocycles. The molecule has 0 aliphatic carbocycles. The van der Waals surface area contributed by atoms with E-state index in [1.165, 1.54) is 12.1 Å². The zero-order valence-corrected chi connectivity index (χ0v) is 11.6. The Labute approximate surface area is 107 Å². The number of hydrogen-bond donors (Lipinski definition) is 2. The quantitative estimate of drug-likeness (QED) is 0.852. The second-order valence-corrected chi connectivity index (χ2v) is 6.32. The lowest BCUT2D eigenvalue weighted by molar-refractivity contribution is 0.452. The predicted octanol–water partition coefficient (Wildman–Crippen LogP) is 1.40. The summed E-state index contributed by atoms with van der Waals surface area (Å²) in [6.07, 6.45) is 0. The van der Waals surface area contributed by atoms with Crippen molar-refractivity contribution in [2.24, 2.45) is 11.7 Å². The highest BCUT2D eigenvalue weighted by Crippen LogP contribution is 2.17. The second-order valence-electron chi connectivity index (χ2n) is 4.64. The Bertz CT molecular complexity index is 515. The van der Waals surface area contributed by atoms with Gasteiger partial charge in [0.15, 0.2) is 0 Å². The molecule has 0 saturated heterocycles. The number of sulfonamides is 1. The molecular formula is C12H19FN2O2S. The normalized spacial score (nSPS) is 13.9. The number of halogens is 1. The first-order valence-corrected chi connectivity index (χ1v) is 7.24. The summed E-state index contributed by atoms with van der Waals surface area (Å²) >= 11 is 0. The van der Waals surface area contributed by atoms with Crippen molar-refractivity contribution >= 4 is 10.0 Å². The molecule has 0 bridgehead atoms. The van der Waals surface area contributed by atoms with E-state index >= 15 is 0 Å². The molecule has 0 fully saturated rings. The molecule has 18 heavy (non-hydrogen) atoms. The standard InChI is InChI=1S/C12H19FN2O2S/c1-8(2)11(7-14)15-18(16,17)12-6-9(3)4-5-10(12)13/h4-6,8,11,15H,7,14H2,1-3H3. The van der Waals surface area contributed by atoms with Crippen LogP contribution in [0.5, 0.6) is 0 Å². The van der Waals surface area contributed by atoms with E-state index in [2.05, 4.69) is 4.72 Å². The van der Waals surface area contributed by atoms with Crippen molar-refractivity contribution in [3.05, 3.63) is 29.6 Å². The Morgan fingerprint density at radius 3 is 2.50 bits per heavy atom. The molecule has 1 unspecified atom stereocenters. The average molecular weight is 274 g/mol. The average Bonchev–Trinajstić information content (AvgIpc) is 2.28. The van der Waals surface area contributed by atoms with Gasteiger partial charge in [0.05, 0.1) is 0 Å². The number of nitrogens with one attached hydrogen (secondary N) is 1. The van der Waals surface area contributed by atoms with Crippen molar-refractivity contribution in [1.29, 1.82) is 0 Å². The van der Waals surface area contributed by atoms with E-state index in [4.69, 9.17) is 5.73 Å². The highest BCUT2D eigenvalue weighted by Gasteiger charge is 2.24. The van der Waals surface area contributed by atoms with Crippen LogP contribution in [0.3, 0.4) is 0 Å². The van der Waals surface area contributed by atoms with Crippen LogP contribution in [-0.2, 0) is 10.0 Å². The van der Waals surface area contributed by atoms with Crippen LogP contribution < -0.4 is 10.5 Å². The summed E-state index contributed by atoms with van der Waals surface area (Å²) in [4.78, 5) is -0.332. The third-order valence-electron chi connectivity index (χ3n) is 2.74. The van der Waals surface area contributed by atoms with Crippen LogP contribution in [0.1, 0.15) is 19.4 Å². The van der Waals surface area contributed by atoms with Crippen molar-refractivity contribution in [3.63, 3.8) is 0 Å². The van der Waals surface area contributed by atoms with Crippen molar-refractivity contribution in [1.82, 2.24) is 4.72 Å². The molecular weight excluding hydrogens is 255 g/mol. The molecule has 102 valence electrons. The van der Waals surface area contributed by atoms with Gasteiger partial charge in [-0.25, -0.2) is 17.5 Å². The van der Waals surface area contributed by atoms with E-state index in [-0.39, 0.29) is 17.4 Å². The minimum atomic E-state index is -3.87. The lowest BCUT2D eigenvalue weighted by Crippen LogP contribution is -2.43. The van der Waals surface area contributed by atoms with E-state index in [0.717, 1.165) is 6.07 Å². The van der Waals surface area contributed by atoms with E-state index in [1.807, 2.05) is 13.8 Å². The van der Waals surface area contributed by atoms with E-state index in [9.17, 15) is 12.8 Å². The predicted molar refractivity (Wildman–Crippen MR) is 69.1 cm³/mol. The van der Waals surface area contributed by atoms with Crippen LogP contribution in [0.15, 0.2) is 23.1 Å². The molecule has 0 aliphatic heterocycles. The zero-order valence-electron chi connectivity index (χ0n) is 10.8. The number of aryl methyl sites for hydroxylation is 1. The van der Waals surface area contributed by atoms with Gasteiger partial charge < -0.3 is 5.73 Å². The highest BCUT2D eigenvalue weighted by molar-refractivity contribution is 7.89. The van der Waals surface area contributed by atoms with Crippen molar-refractivity contribution in [3.8, 4) is 0 Å². The molecule has 3 N–H and O–H groups in total. The molecule has 1 aromatic carbocycles. The number of nitrogens with two attached hydrogens (primary N) is 1. The van der Waals surface area contributed by atoms with Gasteiger partial charge in [0.1, 0.15) is 10.7 Å². The summed E-state index contributed by atoms with van der Waals surface area (Å²) in [5, 5.41) is 0. The first-order valence-electron chi connectivity index (χ1n) is 5.76. The van der Waals surface area contributed by atoms with Gasteiger partial charge in [-0.1, -0.05) is 19.9 Å². The lowest BCUT2D eigenvalue weighted by atomic mass is 10.1. The molecule has 0 aromatic heterocycles. The van der Waals surface area contributed by atoms with Crippen LogP contribution in [0.25, 0.3) is 0 Å². The van der Waals surface area contributed by atoms with E-state index < -0.39 is 21.9 Å². The van der Waals surface area contributed by atoms with Gasteiger partial charge in [0, 0.05) is 12.6 Å². The van der Waals surface area contributed by atoms with Crippen LogP contribution in [0.4, 0.5) is 4.39 Å². The minimum Gasteiger partial charge on any atom is -0.329 e. The number of benzene rings is 1. The maximum atomic E-state index is 13.6. The summed E-state index contributed by atoms with van der Waals surface area (Å²) < 4.78 is 40.1. The van der Waals surface area contributed by atoms with Crippen LogP contribution >= 0.6 is 0 Å². The number of rotatable bonds is 5. The van der Waals surface area contributed by atoms with Gasteiger partial charge in [0.2, 0.25) is 10.0 Å². The first kappa shape index (κ1) is 15.1. The maximum absolute atomic E-state index is 13.6. The number of hydrogen-bond acceptors (Lipinski definition) is 3. The molecule has 0 amide bonds. The van der Waals surface area contributed by atoms with E-state index in [0.29, 0.717) is 5.56 Å². The van der Waals surface area contributed by atoms with Gasteiger partial charge in [0.25, 0.3) is 0 Å². The third kappa shape index (κ3) is 3.51. The fourth-order valence-electron chi connectivity index (χ4n) is 1.54. The zero-order chi connectivity index (χ0) is 13.9. The molecule has 1 atom stereocenters. The van der Waals surface area contributed by atoms with Crippen LogP contribution in [0, 0.1) is 18.7 Å². The molecule has 0 aliphatic rings. The molecule has 4 nitrogen and oxygen atoms in total. The third-order valence-corrected chi connectivity index (χ3v) is 4.25.